The van der Waals surface area contributed by atoms with Gasteiger partial charge in [-0.2, -0.15) is 0 Å². The Bertz CT molecular complexity index is 785. The first-order valence-electron chi connectivity index (χ1n) is 5.56. The fourth-order valence-corrected chi connectivity index (χ4v) is 2.67. The highest BCUT2D eigenvalue weighted by atomic mass is 32.2. The van der Waals surface area contributed by atoms with Gasteiger partial charge >= 0.3 is 0 Å². The zero-order valence-electron chi connectivity index (χ0n) is 10.7. The van der Waals surface area contributed by atoms with Gasteiger partial charge in [-0.1, -0.05) is 23.5 Å². The summed E-state index contributed by atoms with van der Waals surface area (Å²) in [6.07, 6.45) is 2.22. The van der Waals surface area contributed by atoms with E-state index in [-0.39, 0.29) is 21.4 Å². The first-order valence-corrected chi connectivity index (χ1v) is 8.27. The lowest BCUT2D eigenvalue weighted by Gasteiger charge is -2.09. The summed E-state index contributed by atoms with van der Waals surface area (Å²) in [6.45, 7) is 0. The molecule has 0 aliphatic carbocycles. The fraction of sp³-hybridized carbons (Fsp3) is 0.0909. The zero-order chi connectivity index (χ0) is 15.5. The molecule has 0 spiro atoms. The molecule has 0 fully saturated rings. The molecular weight excluding hydrogens is 316 g/mol. The third kappa shape index (κ3) is 4.07. The second kappa shape index (κ2) is 5.97. The molecule has 2 N–H and O–H groups in total. The maximum Gasteiger partial charge on any atom is 0.259 e. The number of benzene rings is 1. The van der Waals surface area contributed by atoms with E-state index in [0.717, 1.165) is 17.6 Å². The summed E-state index contributed by atoms with van der Waals surface area (Å²) < 4.78 is 24.8. The number of hydrogen-bond acceptors (Lipinski definition) is 7. The molecule has 1 amide bonds. The SMILES string of the molecule is CS(=O)(=O)Nc1ccccc1C(=O)Nc1ncc(N=O)s1. The Morgan fingerprint density at radius 2 is 2.05 bits per heavy atom. The molecule has 2 aromatic rings. The summed E-state index contributed by atoms with van der Waals surface area (Å²) in [5, 5.41) is 5.50. The van der Waals surface area contributed by atoms with Crippen LogP contribution < -0.4 is 10.0 Å². The van der Waals surface area contributed by atoms with Crippen LogP contribution in [0, 0.1) is 4.91 Å². The van der Waals surface area contributed by atoms with Gasteiger partial charge in [0.1, 0.15) is 0 Å². The van der Waals surface area contributed by atoms with E-state index in [1.165, 1.54) is 18.3 Å². The van der Waals surface area contributed by atoms with Crippen LogP contribution in [-0.2, 0) is 10.0 Å². The second-order valence-electron chi connectivity index (χ2n) is 3.97. The molecule has 10 heteroatoms. The minimum absolute atomic E-state index is 0.132. The molecule has 0 aliphatic heterocycles. The molecule has 1 aromatic carbocycles. The molecule has 1 aromatic heterocycles. The van der Waals surface area contributed by atoms with Gasteiger partial charge in [-0.15, -0.1) is 4.91 Å². The molecule has 0 atom stereocenters. The Morgan fingerprint density at radius 3 is 2.67 bits per heavy atom. The molecule has 0 saturated carbocycles. The van der Waals surface area contributed by atoms with Crippen molar-refractivity contribution in [2.45, 2.75) is 0 Å². The number of nitroso groups, excluding NO2 is 1. The van der Waals surface area contributed by atoms with E-state index in [2.05, 4.69) is 20.2 Å². The molecule has 1 heterocycles. The molecule has 2 rings (SSSR count). The lowest BCUT2D eigenvalue weighted by molar-refractivity contribution is 0.102. The van der Waals surface area contributed by atoms with Crippen LogP contribution in [0.2, 0.25) is 0 Å². The van der Waals surface area contributed by atoms with Crippen LogP contribution in [0.5, 0.6) is 0 Å². The van der Waals surface area contributed by atoms with Gasteiger partial charge < -0.3 is 0 Å². The zero-order valence-corrected chi connectivity index (χ0v) is 12.4. The first kappa shape index (κ1) is 15.1. The molecule has 8 nitrogen and oxygen atoms in total. The standard InChI is InChI=1S/C11H10N4O4S2/c1-21(18,19)15-8-5-3-2-4-7(8)10(16)13-11-12-6-9(14-17)20-11/h2-6,15H,1H3,(H,12,13,16). The van der Waals surface area contributed by atoms with Crippen molar-refractivity contribution in [3.8, 4) is 0 Å². The number of hydrogen-bond donors (Lipinski definition) is 2. The number of nitrogens with zero attached hydrogens (tertiary/aromatic N) is 2. The van der Waals surface area contributed by atoms with E-state index in [1.807, 2.05) is 0 Å². The number of rotatable bonds is 5. The van der Waals surface area contributed by atoms with E-state index in [1.54, 1.807) is 12.1 Å². The molecule has 0 saturated heterocycles. The van der Waals surface area contributed by atoms with Crippen LogP contribution in [0.3, 0.4) is 0 Å². The van der Waals surface area contributed by atoms with E-state index in [4.69, 9.17) is 0 Å². The average molecular weight is 326 g/mol. The van der Waals surface area contributed by atoms with Crippen molar-refractivity contribution in [2.24, 2.45) is 5.18 Å². The summed E-state index contributed by atoms with van der Waals surface area (Å²) in [4.78, 5) is 26.3. The lowest BCUT2D eigenvalue weighted by Crippen LogP contribution is -2.17. The molecule has 110 valence electrons. The number of carbonyl (C=O) groups is 1. The van der Waals surface area contributed by atoms with Gasteiger partial charge in [0.15, 0.2) is 10.1 Å². The average Bonchev–Trinajstić information content (AvgIpc) is 2.85. The maximum atomic E-state index is 12.1. The number of amides is 1. The van der Waals surface area contributed by atoms with Gasteiger partial charge in [-0.05, 0) is 17.3 Å². The monoisotopic (exact) mass is 326 g/mol. The van der Waals surface area contributed by atoms with Crippen LogP contribution >= 0.6 is 11.3 Å². The molecular formula is C11H10N4O4S2. The van der Waals surface area contributed by atoms with E-state index >= 15 is 0 Å². The van der Waals surface area contributed by atoms with Gasteiger partial charge in [0.25, 0.3) is 5.91 Å². The van der Waals surface area contributed by atoms with Crippen molar-refractivity contribution >= 4 is 43.1 Å². The number of carbonyl (C=O) groups excluding carboxylic acids is 1. The van der Waals surface area contributed by atoms with E-state index in [0.29, 0.717) is 0 Å². The van der Waals surface area contributed by atoms with Crippen LogP contribution in [-0.4, -0.2) is 25.6 Å². The molecule has 0 bridgehead atoms. The Labute approximate surface area is 124 Å². The minimum Gasteiger partial charge on any atom is -0.298 e. The van der Waals surface area contributed by atoms with Gasteiger partial charge in [0.05, 0.1) is 23.7 Å². The van der Waals surface area contributed by atoms with E-state index < -0.39 is 15.9 Å². The number of para-hydroxylation sites is 1. The topological polar surface area (TPSA) is 118 Å². The highest BCUT2D eigenvalue weighted by Gasteiger charge is 2.15. The van der Waals surface area contributed by atoms with Crippen molar-refractivity contribution < 1.29 is 13.2 Å². The van der Waals surface area contributed by atoms with Crippen molar-refractivity contribution in [3.63, 3.8) is 0 Å². The normalized spacial score (nSPS) is 10.9. The molecule has 0 unspecified atom stereocenters. The number of sulfonamides is 1. The largest absolute Gasteiger partial charge is 0.298 e. The fourth-order valence-electron chi connectivity index (χ4n) is 1.50. The summed E-state index contributed by atoms with van der Waals surface area (Å²) in [5.74, 6) is -0.548. The van der Waals surface area contributed by atoms with Gasteiger partial charge in [-0.3, -0.25) is 14.8 Å². The van der Waals surface area contributed by atoms with E-state index in [9.17, 15) is 18.1 Å². The Morgan fingerprint density at radius 1 is 1.33 bits per heavy atom. The predicted molar refractivity (Wildman–Crippen MR) is 80.4 cm³/mol. The number of anilines is 2. The number of thiazole rings is 1. The second-order valence-corrected chi connectivity index (χ2v) is 6.73. The first-order chi connectivity index (χ1) is 9.89. The number of aromatic nitrogens is 1. The third-order valence-electron chi connectivity index (χ3n) is 2.27. The quantitative estimate of drug-likeness (QED) is 0.816. The van der Waals surface area contributed by atoms with Crippen molar-refractivity contribution in [1.82, 2.24) is 4.98 Å². The summed E-state index contributed by atoms with van der Waals surface area (Å²) in [5.41, 5.74) is 0.293. The highest BCUT2D eigenvalue weighted by Crippen LogP contribution is 2.26. The minimum atomic E-state index is -3.51. The maximum absolute atomic E-state index is 12.1. The lowest BCUT2D eigenvalue weighted by atomic mass is 10.2. The Kier molecular flexibility index (Phi) is 4.29. The van der Waals surface area contributed by atoms with Gasteiger partial charge in [0.2, 0.25) is 10.0 Å². The molecule has 0 aliphatic rings. The van der Waals surface area contributed by atoms with Crippen molar-refractivity contribution in [1.29, 1.82) is 0 Å². The summed E-state index contributed by atoms with van der Waals surface area (Å²) in [7, 11) is -3.51. The van der Waals surface area contributed by atoms with Crippen molar-refractivity contribution in [3.05, 3.63) is 40.9 Å². The van der Waals surface area contributed by atoms with Crippen LogP contribution in [0.4, 0.5) is 15.8 Å². The van der Waals surface area contributed by atoms with Crippen LogP contribution in [0.15, 0.2) is 35.6 Å². The molecule has 0 radical (unpaired) electrons. The third-order valence-corrected chi connectivity index (χ3v) is 3.65. The number of nitrogens with one attached hydrogen (secondary N) is 2. The van der Waals surface area contributed by atoms with Gasteiger partial charge in [0, 0.05) is 0 Å². The summed E-state index contributed by atoms with van der Waals surface area (Å²) >= 11 is 0.914. The predicted octanol–water partition coefficient (Wildman–Crippen LogP) is 2.16. The van der Waals surface area contributed by atoms with Crippen molar-refractivity contribution in [2.75, 3.05) is 16.3 Å². The van der Waals surface area contributed by atoms with Crippen LogP contribution in [0.1, 0.15) is 10.4 Å². The Hall–Kier alpha value is -2.33. The molecule has 21 heavy (non-hydrogen) atoms. The van der Waals surface area contributed by atoms with Gasteiger partial charge in [-0.25, -0.2) is 13.4 Å². The highest BCUT2D eigenvalue weighted by molar-refractivity contribution is 7.92. The summed E-state index contributed by atoms with van der Waals surface area (Å²) in [6, 6.07) is 6.14. The Balaban J connectivity index is 2.24. The smallest absolute Gasteiger partial charge is 0.259 e. The van der Waals surface area contributed by atoms with Crippen LogP contribution in [0.25, 0.3) is 0 Å².